The van der Waals surface area contributed by atoms with Crippen LogP contribution in [0.25, 0.3) is 0 Å². The molecule has 2 aromatic rings. The van der Waals surface area contributed by atoms with Gasteiger partial charge in [-0.25, -0.2) is 0 Å². The smallest absolute Gasteiger partial charge is 0.142 e. The normalized spacial score (nSPS) is 22.5. The van der Waals surface area contributed by atoms with E-state index < -0.39 is 6.10 Å². The number of piperidine rings is 1. The number of hydrogen-bond acceptors (Lipinski definition) is 6. The number of nitrogens with one attached hydrogen (secondary N) is 1. The van der Waals surface area contributed by atoms with Crippen LogP contribution in [0, 0.1) is 5.92 Å². The van der Waals surface area contributed by atoms with E-state index in [2.05, 4.69) is 66.5 Å². The predicted molar refractivity (Wildman–Crippen MR) is 136 cm³/mol. The number of rotatable bonds is 10. The summed E-state index contributed by atoms with van der Waals surface area (Å²) in [5.74, 6) is 1.52. The molecule has 186 valence electrons. The Morgan fingerprint density at radius 2 is 1.91 bits per heavy atom. The van der Waals surface area contributed by atoms with E-state index in [4.69, 9.17) is 14.2 Å². The van der Waals surface area contributed by atoms with E-state index in [0.717, 1.165) is 61.6 Å². The largest absolute Gasteiger partial charge is 0.490 e. The quantitative estimate of drug-likeness (QED) is 0.518. The minimum atomic E-state index is -0.470. The molecule has 6 nitrogen and oxygen atoms in total. The minimum Gasteiger partial charge on any atom is -0.490 e. The Hall–Kier alpha value is -2.12. The maximum Gasteiger partial charge on any atom is 0.142 e. The number of aliphatic hydroxyl groups excluding tert-OH is 1. The molecule has 0 aromatic heterocycles. The van der Waals surface area contributed by atoms with Crippen molar-refractivity contribution in [2.24, 2.45) is 5.92 Å². The van der Waals surface area contributed by atoms with Gasteiger partial charge in [-0.15, -0.1) is 0 Å². The van der Waals surface area contributed by atoms with E-state index >= 15 is 0 Å². The van der Waals surface area contributed by atoms with Crippen LogP contribution in [0.5, 0.6) is 5.75 Å². The van der Waals surface area contributed by atoms with Gasteiger partial charge in [-0.05, 0) is 47.6 Å². The molecular weight excluding hydrogens is 428 g/mol. The highest BCUT2D eigenvalue weighted by Gasteiger charge is 2.34. The third kappa shape index (κ3) is 6.30. The molecule has 1 saturated heterocycles. The number of hydrogen-bond donors (Lipinski definition) is 2. The van der Waals surface area contributed by atoms with E-state index in [-0.39, 0.29) is 12.0 Å². The lowest BCUT2D eigenvalue weighted by Gasteiger charge is -2.36. The number of β-amino-alcohol motifs (C(OH)–C–C–N with tert-alkyl or cyclic N) is 1. The van der Waals surface area contributed by atoms with Crippen molar-refractivity contribution >= 4 is 5.69 Å². The Morgan fingerprint density at radius 1 is 1.12 bits per heavy atom. The van der Waals surface area contributed by atoms with Gasteiger partial charge in [0, 0.05) is 39.3 Å². The first kappa shape index (κ1) is 25.0. The van der Waals surface area contributed by atoms with Gasteiger partial charge in [0.2, 0.25) is 0 Å². The summed E-state index contributed by atoms with van der Waals surface area (Å²) < 4.78 is 17.5. The fraction of sp³-hybridized carbons (Fsp3) is 0.571. The number of benzene rings is 2. The lowest BCUT2D eigenvalue weighted by atomic mass is 9.84. The highest BCUT2D eigenvalue weighted by atomic mass is 16.5. The van der Waals surface area contributed by atoms with Crippen molar-refractivity contribution in [1.82, 2.24) is 5.32 Å². The molecule has 6 heteroatoms. The molecule has 0 amide bonds. The van der Waals surface area contributed by atoms with Crippen LogP contribution in [-0.4, -0.2) is 63.8 Å². The van der Waals surface area contributed by atoms with Crippen LogP contribution in [0.15, 0.2) is 42.5 Å². The second kappa shape index (κ2) is 12.0. The third-order valence-electron chi connectivity index (χ3n) is 6.75. The minimum absolute atomic E-state index is 0.0409. The molecule has 2 aliphatic heterocycles. The summed E-state index contributed by atoms with van der Waals surface area (Å²) in [5, 5.41) is 14.2. The zero-order valence-electron chi connectivity index (χ0n) is 20.8. The van der Waals surface area contributed by atoms with Gasteiger partial charge < -0.3 is 29.5 Å². The molecule has 1 fully saturated rings. The van der Waals surface area contributed by atoms with Crippen LogP contribution in [0.3, 0.4) is 0 Å². The van der Waals surface area contributed by atoms with Crippen molar-refractivity contribution in [2.45, 2.75) is 51.4 Å². The maximum absolute atomic E-state index is 10.8. The molecule has 2 heterocycles. The summed E-state index contributed by atoms with van der Waals surface area (Å²) >= 11 is 0. The van der Waals surface area contributed by atoms with Crippen LogP contribution in [0.2, 0.25) is 0 Å². The molecule has 0 radical (unpaired) electrons. The number of aliphatic hydroxyl groups is 1. The van der Waals surface area contributed by atoms with Crippen LogP contribution in [0.1, 0.15) is 42.9 Å². The number of ether oxygens (including phenoxy) is 3. The Labute approximate surface area is 204 Å². The molecule has 34 heavy (non-hydrogen) atoms. The van der Waals surface area contributed by atoms with Gasteiger partial charge >= 0.3 is 0 Å². The molecule has 2 N–H and O–H groups in total. The second-order valence-corrected chi connectivity index (χ2v) is 9.92. The zero-order chi connectivity index (χ0) is 23.9. The van der Waals surface area contributed by atoms with Crippen molar-refractivity contribution < 1.29 is 19.3 Å². The first-order valence-electron chi connectivity index (χ1n) is 12.6. The van der Waals surface area contributed by atoms with Crippen molar-refractivity contribution in [2.75, 3.05) is 51.4 Å². The van der Waals surface area contributed by atoms with Crippen molar-refractivity contribution in [3.63, 3.8) is 0 Å². The average Bonchev–Trinajstić information content (AvgIpc) is 2.83. The highest BCUT2D eigenvalue weighted by molar-refractivity contribution is 5.61. The second-order valence-electron chi connectivity index (χ2n) is 9.92. The van der Waals surface area contributed by atoms with Gasteiger partial charge in [0.1, 0.15) is 12.4 Å². The Bertz CT molecular complexity index is 902. The molecule has 0 unspecified atom stereocenters. The van der Waals surface area contributed by atoms with Crippen molar-refractivity contribution in [3.05, 3.63) is 59.2 Å². The molecule has 0 bridgehead atoms. The van der Waals surface area contributed by atoms with E-state index in [0.29, 0.717) is 25.7 Å². The molecular formula is C28H40N2O4. The molecule has 0 saturated carbocycles. The predicted octanol–water partition coefficient (Wildman–Crippen LogP) is 3.75. The van der Waals surface area contributed by atoms with Crippen molar-refractivity contribution in [3.8, 4) is 5.75 Å². The Morgan fingerprint density at radius 3 is 2.68 bits per heavy atom. The SMILES string of the molecule is COCCCN1CCOc2ccc(CO[C@H]3CNC[C@@H](O)[C@@H]3c3ccc(CC(C)C)cc3)cc21. The number of methoxy groups -OCH3 is 1. The van der Waals surface area contributed by atoms with Crippen LogP contribution in [-0.2, 0) is 22.5 Å². The Balaban J connectivity index is 1.43. The number of anilines is 1. The lowest BCUT2D eigenvalue weighted by molar-refractivity contribution is -0.0328. The molecule has 0 aliphatic carbocycles. The molecule has 2 aromatic carbocycles. The van der Waals surface area contributed by atoms with Gasteiger partial charge in [-0.2, -0.15) is 0 Å². The number of nitrogens with zero attached hydrogens (tertiary/aromatic N) is 1. The molecule has 4 rings (SSSR count). The van der Waals surface area contributed by atoms with E-state index in [1.165, 1.54) is 5.56 Å². The van der Waals surface area contributed by atoms with Gasteiger partial charge in [0.15, 0.2) is 0 Å². The van der Waals surface area contributed by atoms with E-state index in [1.807, 2.05) is 0 Å². The number of fused-ring (bicyclic) bond motifs is 1. The van der Waals surface area contributed by atoms with Crippen LogP contribution >= 0.6 is 0 Å². The van der Waals surface area contributed by atoms with E-state index in [1.54, 1.807) is 7.11 Å². The summed E-state index contributed by atoms with van der Waals surface area (Å²) in [7, 11) is 1.74. The van der Waals surface area contributed by atoms with Gasteiger partial charge in [-0.3, -0.25) is 0 Å². The fourth-order valence-corrected chi connectivity index (χ4v) is 5.07. The van der Waals surface area contributed by atoms with Gasteiger partial charge in [0.05, 0.1) is 31.0 Å². The molecule has 3 atom stereocenters. The molecule has 2 aliphatic rings. The monoisotopic (exact) mass is 468 g/mol. The summed E-state index contributed by atoms with van der Waals surface area (Å²) in [4.78, 5) is 2.37. The van der Waals surface area contributed by atoms with Crippen LogP contribution < -0.4 is 15.0 Å². The molecule has 0 spiro atoms. The standard InChI is InChI=1S/C28H40N2O4/c1-20(2)15-21-5-8-23(9-6-21)28-25(31)17-29-18-27(28)34-19-22-7-10-26-24(16-22)30(12-14-33-26)11-4-13-32-3/h5-10,16,20,25,27-29,31H,4,11-15,17-19H2,1-3H3/t25-,27+,28+/m1/s1. The topological polar surface area (TPSA) is 63.2 Å². The van der Waals surface area contributed by atoms with Gasteiger partial charge in [0.25, 0.3) is 0 Å². The Kier molecular flexibility index (Phi) is 8.84. The van der Waals surface area contributed by atoms with Crippen LogP contribution in [0.4, 0.5) is 5.69 Å². The summed E-state index contributed by atoms with van der Waals surface area (Å²) in [5.41, 5.74) is 4.73. The lowest BCUT2D eigenvalue weighted by Crippen LogP contribution is -2.49. The highest BCUT2D eigenvalue weighted by Crippen LogP contribution is 2.34. The summed E-state index contributed by atoms with van der Waals surface area (Å²) in [6.45, 7) is 9.58. The third-order valence-corrected chi connectivity index (χ3v) is 6.75. The summed E-state index contributed by atoms with van der Waals surface area (Å²) in [6, 6.07) is 15.0. The average molecular weight is 469 g/mol. The fourth-order valence-electron chi connectivity index (χ4n) is 5.07. The zero-order valence-corrected chi connectivity index (χ0v) is 20.8. The van der Waals surface area contributed by atoms with E-state index in [9.17, 15) is 5.11 Å². The summed E-state index contributed by atoms with van der Waals surface area (Å²) in [6.07, 6.45) is 1.49. The van der Waals surface area contributed by atoms with Gasteiger partial charge in [-0.1, -0.05) is 44.2 Å². The van der Waals surface area contributed by atoms with Crippen molar-refractivity contribution in [1.29, 1.82) is 0 Å². The first-order valence-corrected chi connectivity index (χ1v) is 12.6. The maximum atomic E-state index is 10.8. The first-order chi connectivity index (χ1) is 16.5.